The fourth-order valence-corrected chi connectivity index (χ4v) is 2.72. The fourth-order valence-electron chi connectivity index (χ4n) is 2.47. The third-order valence-electron chi connectivity index (χ3n) is 3.64. The van der Waals surface area contributed by atoms with Crippen LogP contribution in [0.15, 0.2) is 22.7 Å². The van der Waals surface area contributed by atoms with Crippen molar-refractivity contribution in [2.45, 2.75) is 38.1 Å². The van der Waals surface area contributed by atoms with Crippen LogP contribution in [0.3, 0.4) is 0 Å². The summed E-state index contributed by atoms with van der Waals surface area (Å²) in [6, 6.07) is 4.95. The van der Waals surface area contributed by atoms with Crippen molar-refractivity contribution >= 4 is 33.6 Å². The van der Waals surface area contributed by atoms with E-state index in [-0.39, 0.29) is 0 Å². The van der Waals surface area contributed by atoms with Crippen molar-refractivity contribution in [2.75, 3.05) is 5.32 Å². The van der Waals surface area contributed by atoms with Crippen molar-refractivity contribution in [2.24, 2.45) is 0 Å². The summed E-state index contributed by atoms with van der Waals surface area (Å²) in [6.07, 6.45) is 2.61. The highest BCUT2D eigenvalue weighted by Crippen LogP contribution is 2.30. The van der Waals surface area contributed by atoms with Crippen LogP contribution in [0.1, 0.15) is 31.2 Å². The summed E-state index contributed by atoms with van der Waals surface area (Å²) < 4.78 is 0.959. The number of nitrogens with one attached hydrogen (secondary N) is 2. The molecule has 2 amide bonds. The van der Waals surface area contributed by atoms with Gasteiger partial charge in [0.05, 0.1) is 0 Å². The third kappa shape index (κ3) is 3.12. The second-order valence-corrected chi connectivity index (χ2v) is 5.99. The van der Waals surface area contributed by atoms with E-state index < -0.39 is 17.5 Å². The molecule has 108 valence electrons. The molecule has 1 fully saturated rings. The van der Waals surface area contributed by atoms with Gasteiger partial charge >= 0.3 is 12.0 Å². The van der Waals surface area contributed by atoms with Gasteiger partial charge in [0.1, 0.15) is 5.54 Å². The van der Waals surface area contributed by atoms with Crippen LogP contribution >= 0.6 is 15.9 Å². The Balaban J connectivity index is 2.04. The number of aryl methyl sites for hydroxylation is 1. The van der Waals surface area contributed by atoms with Crippen molar-refractivity contribution in [3.05, 3.63) is 28.2 Å². The van der Waals surface area contributed by atoms with Gasteiger partial charge in [0.25, 0.3) is 0 Å². The molecule has 2 rings (SSSR count). The first kappa shape index (κ1) is 14.8. The number of hydrogen-bond donors (Lipinski definition) is 3. The average molecular weight is 341 g/mol. The summed E-state index contributed by atoms with van der Waals surface area (Å²) >= 11 is 3.39. The van der Waals surface area contributed by atoms with E-state index in [0.717, 1.165) is 22.9 Å². The van der Waals surface area contributed by atoms with E-state index in [1.807, 2.05) is 19.1 Å². The van der Waals surface area contributed by atoms with Crippen LogP contribution in [0.25, 0.3) is 0 Å². The van der Waals surface area contributed by atoms with Crippen molar-refractivity contribution in [1.29, 1.82) is 0 Å². The van der Waals surface area contributed by atoms with Gasteiger partial charge in [-0.2, -0.15) is 0 Å². The summed E-state index contributed by atoms with van der Waals surface area (Å²) in [6.45, 7) is 1.92. The maximum absolute atomic E-state index is 12.0. The van der Waals surface area contributed by atoms with E-state index in [4.69, 9.17) is 0 Å². The molecule has 0 spiro atoms. The van der Waals surface area contributed by atoms with Crippen LogP contribution in [0.4, 0.5) is 10.5 Å². The van der Waals surface area contributed by atoms with Crippen LogP contribution in [0, 0.1) is 6.92 Å². The number of amides is 2. The number of aliphatic carboxylic acids is 1. The fraction of sp³-hybridized carbons (Fsp3) is 0.429. The molecule has 5 nitrogen and oxygen atoms in total. The summed E-state index contributed by atoms with van der Waals surface area (Å²) in [5.41, 5.74) is 0.521. The van der Waals surface area contributed by atoms with E-state index in [0.29, 0.717) is 18.5 Å². The minimum absolute atomic E-state index is 0.476. The first-order chi connectivity index (χ1) is 9.43. The SMILES string of the molecule is Cc1cc(NC(=O)NC2(C(=O)O)CCCC2)ccc1Br. The second-order valence-electron chi connectivity index (χ2n) is 5.14. The monoisotopic (exact) mass is 340 g/mol. The van der Waals surface area contributed by atoms with Crippen molar-refractivity contribution < 1.29 is 14.7 Å². The summed E-state index contributed by atoms with van der Waals surface area (Å²) in [5, 5.41) is 14.6. The van der Waals surface area contributed by atoms with Gasteiger partial charge in [0, 0.05) is 10.2 Å². The van der Waals surface area contributed by atoms with Crippen molar-refractivity contribution in [1.82, 2.24) is 5.32 Å². The lowest BCUT2D eigenvalue weighted by Crippen LogP contribution is -2.53. The predicted molar refractivity (Wildman–Crippen MR) is 79.9 cm³/mol. The Morgan fingerprint density at radius 1 is 1.30 bits per heavy atom. The van der Waals surface area contributed by atoms with E-state index >= 15 is 0 Å². The van der Waals surface area contributed by atoms with Gasteiger partial charge in [-0.05, 0) is 43.5 Å². The Kier molecular flexibility index (Phi) is 4.32. The van der Waals surface area contributed by atoms with Gasteiger partial charge in [0.2, 0.25) is 0 Å². The zero-order valence-corrected chi connectivity index (χ0v) is 12.8. The molecule has 6 heteroatoms. The highest BCUT2D eigenvalue weighted by Gasteiger charge is 2.42. The molecule has 0 atom stereocenters. The maximum Gasteiger partial charge on any atom is 0.329 e. The molecular weight excluding hydrogens is 324 g/mol. The van der Waals surface area contributed by atoms with Gasteiger partial charge in [-0.15, -0.1) is 0 Å². The van der Waals surface area contributed by atoms with Crippen LogP contribution in [-0.2, 0) is 4.79 Å². The molecule has 20 heavy (non-hydrogen) atoms. The highest BCUT2D eigenvalue weighted by atomic mass is 79.9. The van der Waals surface area contributed by atoms with Gasteiger partial charge < -0.3 is 15.7 Å². The molecule has 0 aromatic heterocycles. The Hall–Kier alpha value is -1.56. The summed E-state index contributed by atoms with van der Waals surface area (Å²) in [4.78, 5) is 23.3. The Labute approximate surface area is 125 Å². The molecule has 0 radical (unpaired) electrons. The molecule has 1 saturated carbocycles. The maximum atomic E-state index is 12.0. The number of anilines is 1. The summed E-state index contributed by atoms with van der Waals surface area (Å²) in [7, 11) is 0. The minimum Gasteiger partial charge on any atom is -0.480 e. The molecule has 1 aliphatic rings. The summed E-state index contributed by atoms with van der Waals surface area (Å²) in [5.74, 6) is -0.961. The van der Waals surface area contributed by atoms with Crippen LogP contribution in [-0.4, -0.2) is 22.6 Å². The van der Waals surface area contributed by atoms with Crippen LogP contribution < -0.4 is 10.6 Å². The number of carboxylic acid groups (broad SMARTS) is 1. The van der Waals surface area contributed by atoms with E-state index in [2.05, 4.69) is 26.6 Å². The predicted octanol–water partition coefficient (Wildman–Crippen LogP) is 3.28. The number of urea groups is 1. The first-order valence-electron chi connectivity index (χ1n) is 6.52. The van der Waals surface area contributed by atoms with E-state index in [1.165, 1.54) is 0 Å². The average Bonchev–Trinajstić information content (AvgIpc) is 2.83. The zero-order chi connectivity index (χ0) is 14.8. The molecule has 0 saturated heterocycles. The number of benzene rings is 1. The number of hydrogen-bond acceptors (Lipinski definition) is 2. The lowest BCUT2D eigenvalue weighted by atomic mass is 9.98. The Morgan fingerprint density at radius 2 is 1.95 bits per heavy atom. The second kappa shape index (κ2) is 5.83. The number of halogens is 1. The lowest BCUT2D eigenvalue weighted by molar-refractivity contribution is -0.144. The lowest BCUT2D eigenvalue weighted by Gasteiger charge is -2.25. The third-order valence-corrected chi connectivity index (χ3v) is 4.52. The number of carboxylic acids is 1. The smallest absolute Gasteiger partial charge is 0.329 e. The van der Waals surface area contributed by atoms with Crippen molar-refractivity contribution in [3.63, 3.8) is 0 Å². The molecular formula is C14H17BrN2O3. The minimum atomic E-state index is -1.12. The van der Waals surface area contributed by atoms with Gasteiger partial charge in [-0.1, -0.05) is 28.8 Å². The molecule has 0 aliphatic heterocycles. The standard InChI is InChI=1S/C14H17BrN2O3/c1-9-8-10(4-5-11(9)15)16-13(20)17-14(12(18)19)6-2-3-7-14/h4-5,8H,2-3,6-7H2,1H3,(H,18,19)(H2,16,17,20). The van der Waals surface area contributed by atoms with E-state index in [1.54, 1.807) is 6.07 Å². The number of rotatable bonds is 3. The highest BCUT2D eigenvalue weighted by molar-refractivity contribution is 9.10. The Morgan fingerprint density at radius 3 is 2.50 bits per heavy atom. The molecule has 0 unspecified atom stereocenters. The van der Waals surface area contributed by atoms with Gasteiger partial charge in [-0.25, -0.2) is 9.59 Å². The number of carbonyl (C=O) groups is 2. The molecule has 0 heterocycles. The molecule has 3 N–H and O–H groups in total. The Bertz CT molecular complexity index is 539. The first-order valence-corrected chi connectivity index (χ1v) is 7.31. The van der Waals surface area contributed by atoms with E-state index in [9.17, 15) is 14.7 Å². The van der Waals surface area contributed by atoms with Gasteiger partial charge in [0.15, 0.2) is 0 Å². The molecule has 1 aromatic carbocycles. The quantitative estimate of drug-likeness (QED) is 0.789. The van der Waals surface area contributed by atoms with Crippen LogP contribution in [0.2, 0.25) is 0 Å². The zero-order valence-electron chi connectivity index (χ0n) is 11.2. The topological polar surface area (TPSA) is 78.4 Å². The van der Waals surface area contributed by atoms with Crippen molar-refractivity contribution in [3.8, 4) is 0 Å². The normalized spacial score (nSPS) is 16.7. The number of carbonyl (C=O) groups excluding carboxylic acids is 1. The largest absolute Gasteiger partial charge is 0.480 e. The van der Waals surface area contributed by atoms with Gasteiger partial charge in [-0.3, -0.25) is 0 Å². The molecule has 1 aromatic rings. The molecule has 1 aliphatic carbocycles. The molecule has 0 bridgehead atoms. The van der Waals surface area contributed by atoms with Crippen LogP contribution in [0.5, 0.6) is 0 Å².